The lowest BCUT2D eigenvalue weighted by Gasteiger charge is -2.34. The summed E-state index contributed by atoms with van der Waals surface area (Å²) in [7, 11) is 0. The molecule has 3 aromatic rings. The molecular weight excluding hydrogens is 374 g/mol. The van der Waals surface area contributed by atoms with E-state index in [1.807, 2.05) is 40.6 Å². The molecule has 0 saturated carbocycles. The molecule has 1 aliphatic heterocycles. The monoisotopic (exact) mass is 397 g/mol. The number of amides is 1. The van der Waals surface area contributed by atoms with Crippen LogP contribution in [0.5, 0.6) is 0 Å². The van der Waals surface area contributed by atoms with Gasteiger partial charge in [0.2, 0.25) is 0 Å². The number of hydrogen-bond acceptors (Lipinski definition) is 6. The van der Waals surface area contributed by atoms with Crippen LogP contribution in [0.3, 0.4) is 0 Å². The van der Waals surface area contributed by atoms with Gasteiger partial charge < -0.3 is 14.5 Å². The lowest BCUT2D eigenvalue weighted by molar-refractivity contribution is 0.0619. The van der Waals surface area contributed by atoms with Crippen molar-refractivity contribution in [3.8, 4) is 10.6 Å². The fourth-order valence-electron chi connectivity index (χ4n) is 3.48. The van der Waals surface area contributed by atoms with Crippen molar-refractivity contribution < 1.29 is 14.4 Å². The predicted molar refractivity (Wildman–Crippen MR) is 108 cm³/mol. The van der Waals surface area contributed by atoms with Crippen molar-refractivity contribution in [2.75, 3.05) is 26.2 Å². The highest BCUT2D eigenvalue weighted by atomic mass is 32.1. The van der Waals surface area contributed by atoms with Gasteiger partial charge in [-0.05, 0) is 23.9 Å². The summed E-state index contributed by atoms with van der Waals surface area (Å²) < 4.78 is 5.34. The van der Waals surface area contributed by atoms with E-state index in [9.17, 15) is 9.90 Å². The first kappa shape index (κ1) is 18.9. The van der Waals surface area contributed by atoms with Gasteiger partial charge in [-0.15, -0.1) is 11.3 Å². The summed E-state index contributed by atoms with van der Waals surface area (Å²) in [5.41, 5.74) is 2.18. The number of piperazine rings is 1. The van der Waals surface area contributed by atoms with Gasteiger partial charge in [-0.1, -0.05) is 41.6 Å². The second-order valence-corrected chi connectivity index (χ2v) is 7.93. The zero-order valence-electron chi connectivity index (χ0n) is 15.7. The molecule has 1 fully saturated rings. The van der Waals surface area contributed by atoms with Gasteiger partial charge in [0.15, 0.2) is 5.76 Å². The van der Waals surface area contributed by atoms with E-state index in [2.05, 4.69) is 22.2 Å². The number of nitrogens with zero attached hydrogens (tertiary/aromatic N) is 3. The van der Waals surface area contributed by atoms with Crippen molar-refractivity contribution in [1.82, 2.24) is 15.0 Å². The Morgan fingerprint density at radius 2 is 1.93 bits per heavy atom. The van der Waals surface area contributed by atoms with Crippen LogP contribution in [0.4, 0.5) is 0 Å². The van der Waals surface area contributed by atoms with Gasteiger partial charge in [-0.2, -0.15) is 0 Å². The smallest absolute Gasteiger partial charge is 0.259 e. The molecule has 0 radical (unpaired) electrons. The maximum atomic E-state index is 13.3. The molecule has 0 spiro atoms. The topological polar surface area (TPSA) is 69.8 Å². The average Bonchev–Trinajstić information content (AvgIpc) is 3.38. The number of aromatic nitrogens is 1. The Hall–Kier alpha value is -2.48. The quantitative estimate of drug-likeness (QED) is 0.714. The van der Waals surface area contributed by atoms with E-state index in [1.165, 1.54) is 16.9 Å². The van der Waals surface area contributed by atoms with Crippen molar-refractivity contribution in [3.05, 3.63) is 64.7 Å². The molecule has 1 amide bonds. The van der Waals surface area contributed by atoms with Crippen molar-refractivity contribution in [2.45, 2.75) is 19.6 Å². The highest BCUT2D eigenvalue weighted by molar-refractivity contribution is 7.13. The maximum Gasteiger partial charge on any atom is 0.259 e. The van der Waals surface area contributed by atoms with Crippen LogP contribution in [0, 0.1) is 0 Å². The molecule has 2 aromatic heterocycles. The summed E-state index contributed by atoms with van der Waals surface area (Å²) in [4.78, 5) is 18.3. The van der Waals surface area contributed by atoms with Gasteiger partial charge in [0.05, 0.1) is 4.88 Å². The van der Waals surface area contributed by atoms with Gasteiger partial charge in [0.1, 0.15) is 17.4 Å². The zero-order valence-corrected chi connectivity index (χ0v) is 16.6. The largest absolute Gasteiger partial charge is 0.385 e. The number of thiophene rings is 1. The molecule has 3 heterocycles. The third-order valence-corrected chi connectivity index (χ3v) is 5.85. The van der Waals surface area contributed by atoms with Crippen LogP contribution in [-0.4, -0.2) is 52.1 Å². The average molecular weight is 398 g/mol. The summed E-state index contributed by atoms with van der Waals surface area (Å²) in [6.45, 7) is 5.37. The molecule has 1 N–H and O–H groups in total. The Morgan fingerprint density at radius 1 is 1.18 bits per heavy atom. The van der Waals surface area contributed by atoms with Crippen LogP contribution < -0.4 is 0 Å². The molecule has 7 heteroatoms. The number of rotatable bonds is 5. The molecule has 0 bridgehead atoms. The lowest BCUT2D eigenvalue weighted by Crippen LogP contribution is -2.48. The molecule has 1 aliphatic rings. The van der Waals surface area contributed by atoms with Crippen LogP contribution in [0.15, 0.2) is 52.4 Å². The Morgan fingerprint density at radius 3 is 2.57 bits per heavy atom. The van der Waals surface area contributed by atoms with Gasteiger partial charge in [-0.3, -0.25) is 9.69 Å². The normalized spacial score (nSPS) is 16.3. The first-order valence-electron chi connectivity index (χ1n) is 9.40. The van der Waals surface area contributed by atoms with Crippen LogP contribution in [0.25, 0.3) is 10.6 Å². The van der Waals surface area contributed by atoms with E-state index >= 15 is 0 Å². The Labute approximate surface area is 168 Å². The fourth-order valence-corrected chi connectivity index (χ4v) is 4.20. The highest BCUT2D eigenvalue weighted by Crippen LogP contribution is 2.33. The Balaban J connectivity index is 1.49. The van der Waals surface area contributed by atoms with Crippen LogP contribution in [0.2, 0.25) is 0 Å². The first-order valence-corrected chi connectivity index (χ1v) is 10.3. The number of aliphatic hydroxyl groups excluding tert-OH is 1. The minimum Gasteiger partial charge on any atom is -0.385 e. The number of benzene rings is 1. The predicted octanol–water partition coefficient (Wildman–Crippen LogP) is 3.41. The van der Waals surface area contributed by atoms with E-state index < -0.39 is 6.10 Å². The molecule has 1 atom stereocenters. The minimum atomic E-state index is -0.889. The molecule has 0 unspecified atom stereocenters. The summed E-state index contributed by atoms with van der Waals surface area (Å²) >= 11 is 1.50. The third kappa shape index (κ3) is 3.87. The maximum absolute atomic E-state index is 13.3. The summed E-state index contributed by atoms with van der Waals surface area (Å²) in [6, 6.07) is 14.2. The minimum absolute atomic E-state index is 0.125. The molecular formula is C21H23N3O3S. The first-order chi connectivity index (χ1) is 13.6. The van der Waals surface area contributed by atoms with E-state index in [1.54, 1.807) is 6.92 Å². The fraction of sp³-hybridized carbons (Fsp3) is 0.333. The summed E-state index contributed by atoms with van der Waals surface area (Å²) in [6.07, 6.45) is -0.889. The van der Waals surface area contributed by atoms with Gasteiger partial charge in [-0.25, -0.2) is 0 Å². The second kappa shape index (κ2) is 8.26. The Kier molecular flexibility index (Phi) is 5.57. The Bertz CT molecular complexity index is 914. The molecule has 4 rings (SSSR count). The second-order valence-electron chi connectivity index (χ2n) is 6.98. The number of carbonyl (C=O) groups is 1. The van der Waals surface area contributed by atoms with E-state index in [0.717, 1.165) is 24.5 Å². The van der Waals surface area contributed by atoms with Crippen molar-refractivity contribution in [1.29, 1.82) is 0 Å². The van der Waals surface area contributed by atoms with Gasteiger partial charge in [0.25, 0.3) is 5.91 Å². The molecule has 28 heavy (non-hydrogen) atoms. The van der Waals surface area contributed by atoms with Crippen molar-refractivity contribution >= 4 is 17.2 Å². The van der Waals surface area contributed by atoms with Crippen LogP contribution in [0.1, 0.15) is 34.7 Å². The summed E-state index contributed by atoms with van der Waals surface area (Å²) in [5, 5.41) is 16.1. The number of carbonyl (C=O) groups excluding carboxylic acids is 1. The van der Waals surface area contributed by atoms with Crippen molar-refractivity contribution in [2.24, 2.45) is 0 Å². The molecule has 1 saturated heterocycles. The van der Waals surface area contributed by atoms with Crippen LogP contribution in [-0.2, 0) is 6.54 Å². The van der Waals surface area contributed by atoms with E-state index in [4.69, 9.17) is 4.52 Å². The molecule has 146 valence electrons. The third-order valence-electron chi connectivity index (χ3n) is 4.97. The standard InChI is InChI=1S/C21H23N3O3S/c1-15(25)20-18(19(22-27-20)17-8-5-13-28-17)21(26)24-11-9-23(10-12-24)14-16-6-3-2-4-7-16/h2-8,13,15,25H,9-12,14H2,1H3/t15-/m0/s1. The zero-order chi connectivity index (χ0) is 19.5. The molecule has 0 aliphatic carbocycles. The summed E-state index contributed by atoms with van der Waals surface area (Å²) in [5.74, 6) is 0.111. The van der Waals surface area contributed by atoms with E-state index in [0.29, 0.717) is 24.3 Å². The van der Waals surface area contributed by atoms with E-state index in [-0.39, 0.29) is 11.7 Å². The van der Waals surface area contributed by atoms with Gasteiger partial charge >= 0.3 is 0 Å². The number of aliphatic hydroxyl groups is 1. The van der Waals surface area contributed by atoms with Crippen LogP contribution >= 0.6 is 11.3 Å². The SMILES string of the molecule is C[C@H](O)c1onc(-c2cccs2)c1C(=O)N1CCN(Cc2ccccc2)CC1. The number of hydrogen-bond donors (Lipinski definition) is 1. The molecule has 1 aromatic carbocycles. The molecule has 6 nitrogen and oxygen atoms in total. The van der Waals surface area contributed by atoms with Crippen molar-refractivity contribution in [3.63, 3.8) is 0 Å². The lowest BCUT2D eigenvalue weighted by atomic mass is 10.1. The highest BCUT2D eigenvalue weighted by Gasteiger charge is 2.31. The van der Waals surface area contributed by atoms with Gasteiger partial charge in [0, 0.05) is 32.7 Å².